The van der Waals surface area contributed by atoms with Crippen LogP contribution in [0.2, 0.25) is 0 Å². The van der Waals surface area contributed by atoms with E-state index in [-0.39, 0.29) is 5.60 Å². The van der Waals surface area contributed by atoms with Crippen LogP contribution in [-0.4, -0.2) is 38.5 Å². The van der Waals surface area contributed by atoms with Crippen LogP contribution in [0.4, 0.5) is 0 Å². The second-order valence-corrected chi connectivity index (χ2v) is 3.78. The van der Waals surface area contributed by atoms with E-state index in [0.717, 1.165) is 26.1 Å². The predicted molar refractivity (Wildman–Crippen MR) is 53.0 cm³/mol. The molecule has 78 valence electrons. The molecule has 0 bridgehead atoms. The highest BCUT2D eigenvalue weighted by atomic mass is 16.5. The highest BCUT2D eigenvalue weighted by Gasteiger charge is 2.26. The lowest BCUT2D eigenvalue weighted by molar-refractivity contribution is -0.0669. The second-order valence-electron chi connectivity index (χ2n) is 3.78. The first kappa shape index (κ1) is 11.0. The number of rotatable bonds is 5. The van der Waals surface area contributed by atoms with Crippen molar-refractivity contribution in [3.8, 4) is 0 Å². The zero-order valence-electron chi connectivity index (χ0n) is 8.77. The molecule has 0 aliphatic carbocycles. The summed E-state index contributed by atoms with van der Waals surface area (Å²) >= 11 is 0. The molecule has 0 aromatic rings. The Bertz CT molecular complexity index is 133. The summed E-state index contributed by atoms with van der Waals surface area (Å²) in [4.78, 5) is 0. The van der Waals surface area contributed by atoms with Gasteiger partial charge in [0.05, 0.1) is 18.8 Å². The fourth-order valence-corrected chi connectivity index (χ4v) is 1.64. The number of hydrogen-bond donors (Lipinski definition) is 1. The molecule has 1 aliphatic heterocycles. The van der Waals surface area contributed by atoms with E-state index in [1.807, 2.05) is 6.92 Å². The van der Waals surface area contributed by atoms with Gasteiger partial charge in [-0.1, -0.05) is 0 Å². The Morgan fingerprint density at radius 3 is 2.85 bits per heavy atom. The minimum absolute atomic E-state index is 0.0371. The van der Waals surface area contributed by atoms with Crippen LogP contribution in [0.15, 0.2) is 0 Å². The molecule has 0 aromatic carbocycles. The molecule has 0 aromatic heterocycles. The first-order chi connectivity index (χ1) is 6.27. The van der Waals surface area contributed by atoms with Gasteiger partial charge in [-0.2, -0.15) is 0 Å². The zero-order chi connectivity index (χ0) is 9.57. The van der Waals surface area contributed by atoms with Crippen LogP contribution in [-0.2, 0) is 9.47 Å². The summed E-state index contributed by atoms with van der Waals surface area (Å²) in [5.41, 5.74) is 0.0371. The average Bonchev–Trinajstić information content (AvgIpc) is 2.14. The van der Waals surface area contributed by atoms with Gasteiger partial charge in [0, 0.05) is 13.2 Å². The van der Waals surface area contributed by atoms with E-state index in [1.165, 1.54) is 6.42 Å². The van der Waals surface area contributed by atoms with Crippen molar-refractivity contribution in [1.82, 2.24) is 5.32 Å². The van der Waals surface area contributed by atoms with Gasteiger partial charge >= 0.3 is 0 Å². The average molecular weight is 187 g/mol. The molecule has 1 N–H and O–H groups in total. The quantitative estimate of drug-likeness (QED) is 0.656. The van der Waals surface area contributed by atoms with Crippen molar-refractivity contribution in [1.29, 1.82) is 0 Å². The maximum atomic E-state index is 5.78. The molecule has 0 spiro atoms. The van der Waals surface area contributed by atoms with Crippen LogP contribution >= 0.6 is 0 Å². The lowest BCUT2D eigenvalue weighted by atomic mass is 9.96. The molecular weight excluding hydrogens is 166 g/mol. The number of ether oxygens (including phenoxy) is 2. The molecule has 1 aliphatic rings. The molecule has 1 heterocycles. The van der Waals surface area contributed by atoms with E-state index in [1.54, 1.807) is 0 Å². The minimum Gasteiger partial charge on any atom is -0.379 e. The summed E-state index contributed by atoms with van der Waals surface area (Å²) in [7, 11) is 0. The Morgan fingerprint density at radius 2 is 2.23 bits per heavy atom. The third-order valence-electron chi connectivity index (χ3n) is 2.44. The van der Waals surface area contributed by atoms with Gasteiger partial charge in [0.25, 0.3) is 0 Å². The van der Waals surface area contributed by atoms with Crippen LogP contribution in [0.5, 0.6) is 0 Å². The molecule has 3 heteroatoms. The lowest BCUT2D eigenvalue weighted by Gasteiger charge is -2.34. The maximum Gasteiger partial charge on any atom is 0.0779 e. The van der Waals surface area contributed by atoms with Crippen molar-refractivity contribution in [2.24, 2.45) is 0 Å². The standard InChI is InChI=1S/C10H21NO2/c1-3-12-7-8-13-10(2)5-4-6-11-9-10/h11H,3-9H2,1-2H3. The monoisotopic (exact) mass is 187 g/mol. The topological polar surface area (TPSA) is 30.5 Å². The molecule has 0 amide bonds. The minimum atomic E-state index is 0.0371. The van der Waals surface area contributed by atoms with Crippen molar-refractivity contribution in [3.05, 3.63) is 0 Å². The molecule has 1 unspecified atom stereocenters. The van der Waals surface area contributed by atoms with E-state index >= 15 is 0 Å². The molecule has 13 heavy (non-hydrogen) atoms. The largest absolute Gasteiger partial charge is 0.379 e. The number of piperidine rings is 1. The SMILES string of the molecule is CCOCCOC1(C)CCCNC1. The zero-order valence-corrected chi connectivity index (χ0v) is 8.77. The smallest absolute Gasteiger partial charge is 0.0779 e. The van der Waals surface area contributed by atoms with Gasteiger partial charge in [-0.15, -0.1) is 0 Å². The molecule has 1 saturated heterocycles. The molecule has 1 rings (SSSR count). The van der Waals surface area contributed by atoms with Gasteiger partial charge in [0.15, 0.2) is 0 Å². The van der Waals surface area contributed by atoms with Crippen LogP contribution in [0.1, 0.15) is 26.7 Å². The van der Waals surface area contributed by atoms with Gasteiger partial charge in [0.1, 0.15) is 0 Å². The first-order valence-corrected chi connectivity index (χ1v) is 5.19. The summed E-state index contributed by atoms with van der Waals surface area (Å²) in [6.07, 6.45) is 2.37. The van der Waals surface area contributed by atoms with Gasteiger partial charge in [-0.05, 0) is 33.2 Å². The summed E-state index contributed by atoms with van der Waals surface area (Å²) in [5, 5.41) is 3.35. The van der Waals surface area contributed by atoms with Crippen LogP contribution in [0.25, 0.3) is 0 Å². The second kappa shape index (κ2) is 5.58. The molecule has 0 radical (unpaired) electrons. The summed E-state index contributed by atoms with van der Waals surface area (Å²) in [6.45, 7) is 8.48. The Balaban J connectivity index is 2.10. The Kier molecular flexibility index (Phi) is 4.70. The van der Waals surface area contributed by atoms with Gasteiger partial charge < -0.3 is 14.8 Å². The highest BCUT2D eigenvalue weighted by Crippen LogP contribution is 2.19. The third-order valence-corrected chi connectivity index (χ3v) is 2.44. The predicted octanol–water partition coefficient (Wildman–Crippen LogP) is 1.18. The van der Waals surface area contributed by atoms with Crippen molar-refractivity contribution >= 4 is 0 Å². The van der Waals surface area contributed by atoms with E-state index < -0.39 is 0 Å². The number of hydrogen-bond acceptors (Lipinski definition) is 3. The first-order valence-electron chi connectivity index (χ1n) is 5.19. The highest BCUT2D eigenvalue weighted by molar-refractivity contribution is 4.82. The van der Waals surface area contributed by atoms with Gasteiger partial charge in [-0.3, -0.25) is 0 Å². The Hall–Kier alpha value is -0.120. The van der Waals surface area contributed by atoms with Gasteiger partial charge in [-0.25, -0.2) is 0 Å². The van der Waals surface area contributed by atoms with Crippen LogP contribution in [0.3, 0.4) is 0 Å². The fourth-order valence-electron chi connectivity index (χ4n) is 1.64. The van der Waals surface area contributed by atoms with Crippen molar-refractivity contribution in [2.45, 2.75) is 32.3 Å². The van der Waals surface area contributed by atoms with Crippen molar-refractivity contribution < 1.29 is 9.47 Å². The van der Waals surface area contributed by atoms with E-state index in [0.29, 0.717) is 13.2 Å². The van der Waals surface area contributed by atoms with E-state index in [9.17, 15) is 0 Å². The summed E-state index contributed by atoms with van der Waals surface area (Å²) < 4.78 is 11.0. The van der Waals surface area contributed by atoms with Crippen molar-refractivity contribution in [3.63, 3.8) is 0 Å². The summed E-state index contributed by atoms with van der Waals surface area (Å²) in [6, 6.07) is 0. The molecule has 1 atom stereocenters. The molecule has 0 saturated carbocycles. The fraction of sp³-hybridized carbons (Fsp3) is 1.00. The van der Waals surface area contributed by atoms with Crippen molar-refractivity contribution in [2.75, 3.05) is 32.9 Å². The summed E-state index contributed by atoms with van der Waals surface area (Å²) in [5.74, 6) is 0. The Labute approximate surface area is 80.8 Å². The maximum absolute atomic E-state index is 5.78. The Morgan fingerprint density at radius 1 is 1.38 bits per heavy atom. The molecular formula is C10H21NO2. The van der Waals surface area contributed by atoms with Gasteiger partial charge in [0.2, 0.25) is 0 Å². The third kappa shape index (κ3) is 4.07. The van der Waals surface area contributed by atoms with Crippen LogP contribution < -0.4 is 5.32 Å². The molecule has 1 fully saturated rings. The number of nitrogens with one attached hydrogen (secondary N) is 1. The van der Waals surface area contributed by atoms with Crippen LogP contribution in [0, 0.1) is 0 Å². The van der Waals surface area contributed by atoms with E-state index in [2.05, 4.69) is 12.2 Å². The molecule has 3 nitrogen and oxygen atoms in total. The van der Waals surface area contributed by atoms with E-state index in [4.69, 9.17) is 9.47 Å². The lowest BCUT2D eigenvalue weighted by Crippen LogP contribution is -2.45. The normalized spacial score (nSPS) is 29.1.